The summed E-state index contributed by atoms with van der Waals surface area (Å²) in [6.07, 6.45) is 1.17. The first kappa shape index (κ1) is 15.3. The SMILES string of the molecule is COCCC(N)C(=O)NCC(C)(C)CCO. The minimum absolute atomic E-state index is 0.106. The lowest BCUT2D eigenvalue weighted by molar-refractivity contribution is -0.123. The van der Waals surface area contributed by atoms with Crippen LogP contribution in [0.3, 0.4) is 0 Å². The molecule has 1 unspecified atom stereocenters. The third kappa shape index (κ3) is 6.76. The van der Waals surface area contributed by atoms with Crippen LogP contribution in [0.15, 0.2) is 0 Å². The third-order valence-electron chi connectivity index (χ3n) is 2.50. The number of aliphatic hydroxyl groups is 1. The highest BCUT2D eigenvalue weighted by Crippen LogP contribution is 2.17. The van der Waals surface area contributed by atoms with E-state index in [0.29, 0.717) is 26.0 Å². The lowest BCUT2D eigenvalue weighted by atomic mass is 9.89. The molecule has 0 aromatic rings. The van der Waals surface area contributed by atoms with Crippen molar-refractivity contribution in [2.45, 2.75) is 32.7 Å². The zero-order valence-corrected chi connectivity index (χ0v) is 10.5. The second-order valence-electron chi connectivity index (χ2n) is 4.74. The monoisotopic (exact) mass is 232 g/mol. The van der Waals surface area contributed by atoms with E-state index in [4.69, 9.17) is 15.6 Å². The number of aliphatic hydroxyl groups excluding tert-OH is 1. The molecule has 5 nitrogen and oxygen atoms in total. The van der Waals surface area contributed by atoms with E-state index in [9.17, 15) is 4.79 Å². The van der Waals surface area contributed by atoms with E-state index >= 15 is 0 Å². The van der Waals surface area contributed by atoms with Gasteiger partial charge in [-0.05, 0) is 18.3 Å². The van der Waals surface area contributed by atoms with Crippen LogP contribution in [0.1, 0.15) is 26.7 Å². The molecule has 96 valence electrons. The number of ether oxygens (including phenoxy) is 1. The van der Waals surface area contributed by atoms with Gasteiger partial charge in [-0.2, -0.15) is 0 Å². The topological polar surface area (TPSA) is 84.6 Å². The van der Waals surface area contributed by atoms with Crippen molar-refractivity contribution in [1.29, 1.82) is 0 Å². The van der Waals surface area contributed by atoms with Gasteiger partial charge in [0.1, 0.15) is 0 Å². The molecule has 0 saturated heterocycles. The Morgan fingerprint density at radius 3 is 2.69 bits per heavy atom. The van der Waals surface area contributed by atoms with Crippen LogP contribution >= 0.6 is 0 Å². The minimum atomic E-state index is -0.523. The summed E-state index contributed by atoms with van der Waals surface area (Å²) in [5.74, 6) is -0.164. The number of nitrogens with one attached hydrogen (secondary N) is 1. The molecule has 0 aliphatic heterocycles. The first-order valence-electron chi connectivity index (χ1n) is 5.56. The van der Waals surface area contributed by atoms with Crippen LogP contribution in [0.5, 0.6) is 0 Å². The number of methoxy groups -OCH3 is 1. The number of rotatable bonds is 8. The molecule has 1 amide bonds. The van der Waals surface area contributed by atoms with Gasteiger partial charge in [-0.15, -0.1) is 0 Å². The molecule has 0 fully saturated rings. The lowest BCUT2D eigenvalue weighted by Gasteiger charge is -2.24. The molecule has 0 aliphatic rings. The van der Waals surface area contributed by atoms with Gasteiger partial charge in [-0.1, -0.05) is 13.8 Å². The summed E-state index contributed by atoms with van der Waals surface area (Å²) in [6, 6.07) is -0.523. The van der Waals surface area contributed by atoms with Crippen molar-refractivity contribution in [1.82, 2.24) is 5.32 Å². The van der Waals surface area contributed by atoms with Crippen LogP contribution in [0, 0.1) is 5.41 Å². The average Bonchev–Trinajstić information content (AvgIpc) is 2.22. The van der Waals surface area contributed by atoms with Crippen molar-refractivity contribution in [2.75, 3.05) is 26.9 Å². The van der Waals surface area contributed by atoms with E-state index in [-0.39, 0.29) is 17.9 Å². The van der Waals surface area contributed by atoms with Crippen molar-refractivity contribution in [3.8, 4) is 0 Å². The summed E-state index contributed by atoms with van der Waals surface area (Å²) in [4.78, 5) is 11.5. The largest absolute Gasteiger partial charge is 0.396 e. The van der Waals surface area contributed by atoms with Crippen LogP contribution in [0.2, 0.25) is 0 Å². The van der Waals surface area contributed by atoms with Gasteiger partial charge in [0, 0.05) is 26.9 Å². The summed E-state index contributed by atoms with van der Waals surface area (Å²) in [7, 11) is 1.58. The number of carbonyl (C=O) groups excluding carboxylic acids is 1. The highest BCUT2D eigenvalue weighted by molar-refractivity contribution is 5.81. The fourth-order valence-electron chi connectivity index (χ4n) is 1.22. The van der Waals surface area contributed by atoms with Crippen molar-refractivity contribution >= 4 is 5.91 Å². The number of nitrogens with two attached hydrogens (primary N) is 1. The maximum absolute atomic E-state index is 11.5. The quantitative estimate of drug-likeness (QED) is 0.544. The second-order valence-corrected chi connectivity index (χ2v) is 4.74. The third-order valence-corrected chi connectivity index (χ3v) is 2.50. The molecule has 16 heavy (non-hydrogen) atoms. The molecule has 5 heteroatoms. The zero-order chi connectivity index (χ0) is 12.6. The fourth-order valence-corrected chi connectivity index (χ4v) is 1.22. The molecule has 1 atom stereocenters. The van der Waals surface area contributed by atoms with E-state index in [1.165, 1.54) is 0 Å². The summed E-state index contributed by atoms with van der Waals surface area (Å²) < 4.78 is 4.85. The molecule has 0 aromatic heterocycles. The van der Waals surface area contributed by atoms with Gasteiger partial charge in [0.25, 0.3) is 0 Å². The molecule has 0 aromatic carbocycles. The van der Waals surface area contributed by atoms with Crippen molar-refractivity contribution in [3.05, 3.63) is 0 Å². The van der Waals surface area contributed by atoms with Crippen LogP contribution < -0.4 is 11.1 Å². The summed E-state index contributed by atoms with van der Waals surface area (Å²) in [5.41, 5.74) is 5.56. The molecule has 0 bridgehead atoms. The smallest absolute Gasteiger partial charge is 0.237 e. The fraction of sp³-hybridized carbons (Fsp3) is 0.909. The average molecular weight is 232 g/mol. The highest BCUT2D eigenvalue weighted by Gasteiger charge is 2.20. The van der Waals surface area contributed by atoms with Gasteiger partial charge in [0.05, 0.1) is 6.04 Å². The Labute approximate surface area is 97.3 Å². The van der Waals surface area contributed by atoms with E-state index in [0.717, 1.165) is 0 Å². The van der Waals surface area contributed by atoms with E-state index < -0.39 is 6.04 Å². The number of hydrogen-bond acceptors (Lipinski definition) is 4. The first-order valence-corrected chi connectivity index (χ1v) is 5.56. The maximum atomic E-state index is 11.5. The molecule has 4 N–H and O–H groups in total. The molecule has 0 aliphatic carbocycles. The second kappa shape index (κ2) is 7.60. The molecule has 0 saturated carbocycles. The molecular weight excluding hydrogens is 208 g/mol. The molecule has 0 rings (SSSR count). The van der Waals surface area contributed by atoms with Gasteiger partial charge in [0.2, 0.25) is 5.91 Å². The Balaban J connectivity index is 3.87. The predicted molar refractivity (Wildman–Crippen MR) is 63.0 cm³/mol. The molecule has 0 heterocycles. The Morgan fingerprint density at radius 1 is 1.56 bits per heavy atom. The van der Waals surface area contributed by atoms with E-state index in [2.05, 4.69) is 5.32 Å². The summed E-state index contributed by atoms with van der Waals surface area (Å²) in [5, 5.41) is 11.6. The van der Waals surface area contributed by atoms with E-state index in [1.54, 1.807) is 7.11 Å². The molecular formula is C11H24N2O3. The highest BCUT2D eigenvalue weighted by atomic mass is 16.5. The number of carbonyl (C=O) groups is 1. The van der Waals surface area contributed by atoms with Crippen molar-refractivity contribution in [2.24, 2.45) is 11.1 Å². The van der Waals surface area contributed by atoms with Gasteiger partial charge in [-0.25, -0.2) is 0 Å². The Morgan fingerprint density at radius 2 is 2.19 bits per heavy atom. The Kier molecular flexibility index (Phi) is 7.29. The van der Waals surface area contributed by atoms with Crippen LogP contribution in [0.4, 0.5) is 0 Å². The predicted octanol–water partition coefficient (Wildman–Crippen LogP) is -0.125. The lowest BCUT2D eigenvalue weighted by Crippen LogP contribution is -2.44. The Bertz CT molecular complexity index is 207. The zero-order valence-electron chi connectivity index (χ0n) is 10.5. The Hall–Kier alpha value is -0.650. The molecule has 0 spiro atoms. The number of hydrogen-bond donors (Lipinski definition) is 3. The van der Waals surface area contributed by atoms with E-state index in [1.807, 2.05) is 13.8 Å². The van der Waals surface area contributed by atoms with Gasteiger partial charge in [0.15, 0.2) is 0 Å². The number of amides is 1. The maximum Gasteiger partial charge on any atom is 0.237 e. The summed E-state index contributed by atoms with van der Waals surface area (Å²) >= 11 is 0. The van der Waals surface area contributed by atoms with Gasteiger partial charge < -0.3 is 20.9 Å². The van der Waals surface area contributed by atoms with Crippen LogP contribution in [0.25, 0.3) is 0 Å². The first-order chi connectivity index (χ1) is 7.43. The van der Waals surface area contributed by atoms with Crippen LogP contribution in [-0.2, 0) is 9.53 Å². The van der Waals surface area contributed by atoms with Gasteiger partial charge >= 0.3 is 0 Å². The summed E-state index contributed by atoms with van der Waals surface area (Å²) in [6.45, 7) is 5.11. The normalized spacial score (nSPS) is 13.6. The van der Waals surface area contributed by atoms with Gasteiger partial charge in [-0.3, -0.25) is 4.79 Å². The molecule has 0 radical (unpaired) electrons. The standard InChI is InChI=1S/C11H24N2O3/c1-11(2,5-6-14)8-13-10(15)9(12)4-7-16-3/h9,14H,4-8,12H2,1-3H3,(H,13,15). The van der Waals surface area contributed by atoms with Crippen LogP contribution in [-0.4, -0.2) is 43.9 Å². The van der Waals surface area contributed by atoms with Crippen molar-refractivity contribution < 1.29 is 14.6 Å². The van der Waals surface area contributed by atoms with Crippen molar-refractivity contribution in [3.63, 3.8) is 0 Å². The minimum Gasteiger partial charge on any atom is -0.396 e.